The number of para-hydroxylation sites is 1. The number of hydrogen-bond donors (Lipinski definition) is 1. The van der Waals surface area contributed by atoms with E-state index in [9.17, 15) is 14.0 Å². The minimum atomic E-state index is -0.347. The molecule has 0 bridgehead atoms. The lowest BCUT2D eigenvalue weighted by molar-refractivity contribution is -0.126. The number of rotatable bonds is 6. The molecule has 2 aromatic carbocycles. The van der Waals surface area contributed by atoms with Gasteiger partial charge in [-0.1, -0.05) is 44.2 Å². The maximum Gasteiger partial charge on any atom is 0.227 e. The standard InChI is InChI=1S/C23H27FN2O2/c1-15(2)20-6-4-5-16(3)22(20)26-14-18(13-21(26)27)23(28)25-12-11-17-7-9-19(24)10-8-17/h4-10,15,18H,11-14H2,1-3H3,(H,25,28). The summed E-state index contributed by atoms with van der Waals surface area (Å²) < 4.78 is 13.0. The molecular formula is C23H27FN2O2. The molecule has 0 aliphatic carbocycles. The summed E-state index contributed by atoms with van der Waals surface area (Å²) in [5, 5.41) is 2.92. The number of nitrogens with zero attached hydrogens (tertiary/aromatic N) is 1. The van der Waals surface area contributed by atoms with E-state index < -0.39 is 0 Å². The van der Waals surface area contributed by atoms with Crippen LogP contribution in [0.5, 0.6) is 0 Å². The van der Waals surface area contributed by atoms with Crippen LogP contribution in [0.3, 0.4) is 0 Å². The molecule has 1 atom stereocenters. The van der Waals surface area contributed by atoms with E-state index in [2.05, 4.69) is 25.2 Å². The molecule has 0 radical (unpaired) electrons. The number of aryl methyl sites for hydroxylation is 1. The van der Waals surface area contributed by atoms with Crippen LogP contribution in [0.1, 0.15) is 42.9 Å². The van der Waals surface area contributed by atoms with Crippen LogP contribution in [0.2, 0.25) is 0 Å². The van der Waals surface area contributed by atoms with Crippen molar-refractivity contribution in [2.24, 2.45) is 5.92 Å². The molecule has 1 N–H and O–H groups in total. The highest BCUT2D eigenvalue weighted by atomic mass is 19.1. The average molecular weight is 382 g/mol. The predicted octanol–water partition coefficient (Wildman–Crippen LogP) is 3.97. The Balaban J connectivity index is 1.63. The first-order valence-corrected chi connectivity index (χ1v) is 9.79. The van der Waals surface area contributed by atoms with Gasteiger partial charge < -0.3 is 10.2 Å². The van der Waals surface area contributed by atoms with Gasteiger partial charge in [0.15, 0.2) is 0 Å². The molecule has 0 spiro atoms. The fourth-order valence-corrected chi connectivity index (χ4v) is 3.74. The molecule has 5 heteroatoms. The highest BCUT2D eigenvalue weighted by molar-refractivity contribution is 6.01. The Kier molecular flexibility index (Phi) is 6.12. The Bertz CT molecular complexity index is 861. The second-order valence-corrected chi connectivity index (χ2v) is 7.74. The molecule has 1 heterocycles. The molecule has 4 nitrogen and oxygen atoms in total. The molecule has 1 fully saturated rings. The van der Waals surface area contributed by atoms with Gasteiger partial charge in [-0.3, -0.25) is 9.59 Å². The van der Waals surface area contributed by atoms with Gasteiger partial charge in [0.1, 0.15) is 5.82 Å². The molecule has 1 unspecified atom stereocenters. The summed E-state index contributed by atoms with van der Waals surface area (Å²) in [4.78, 5) is 27.0. The Morgan fingerprint density at radius 2 is 1.93 bits per heavy atom. The number of hydrogen-bond acceptors (Lipinski definition) is 2. The maximum absolute atomic E-state index is 13.0. The van der Waals surface area contributed by atoms with E-state index in [0.717, 1.165) is 22.4 Å². The summed E-state index contributed by atoms with van der Waals surface area (Å²) >= 11 is 0. The van der Waals surface area contributed by atoms with Crippen molar-refractivity contribution in [3.05, 3.63) is 65.0 Å². The molecule has 2 aromatic rings. The van der Waals surface area contributed by atoms with Gasteiger partial charge in [0.05, 0.1) is 5.92 Å². The van der Waals surface area contributed by atoms with Crippen molar-refractivity contribution < 1.29 is 14.0 Å². The molecule has 2 amide bonds. The highest BCUT2D eigenvalue weighted by Gasteiger charge is 2.36. The first-order chi connectivity index (χ1) is 13.4. The van der Waals surface area contributed by atoms with Crippen LogP contribution in [0, 0.1) is 18.7 Å². The van der Waals surface area contributed by atoms with Crippen LogP contribution >= 0.6 is 0 Å². The minimum absolute atomic E-state index is 0.00474. The molecule has 0 aromatic heterocycles. The summed E-state index contributed by atoms with van der Waals surface area (Å²) in [6.07, 6.45) is 0.861. The van der Waals surface area contributed by atoms with Crippen molar-refractivity contribution in [1.82, 2.24) is 5.32 Å². The maximum atomic E-state index is 13.0. The molecule has 28 heavy (non-hydrogen) atoms. The Morgan fingerprint density at radius 1 is 1.21 bits per heavy atom. The van der Waals surface area contributed by atoms with Gasteiger partial charge in [-0.05, 0) is 48.1 Å². The molecular weight excluding hydrogens is 355 g/mol. The lowest BCUT2D eigenvalue weighted by atomic mass is 9.97. The van der Waals surface area contributed by atoms with E-state index in [1.165, 1.54) is 12.1 Å². The number of carbonyl (C=O) groups excluding carboxylic acids is 2. The predicted molar refractivity (Wildman–Crippen MR) is 109 cm³/mol. The van der Waals surface area contributed by atoms with Gasteiger partial charge in [0.25, 0.3) is 0 Å². The molecule has 1 aliphatic rings. The van der Waals surface area contributed by atoms with E-state index in [1.54, 1.807) is 17.0 Å². The number of benzene rings is 2. The van der Waals surface area contributed by atoms with E-state index >= 15 is 0 Å². The van der Waals surface area contributed by atoms with Crippen molar-refractivity contribution in [2.75, 3.05) is 18.0 Å². The summed E-state index contributed by atoms with van der Waals surface area (Å²) in [5.41, 5.74) is 4.10. The van der Waals surface area contributed by atoms with Crippen LogP contribution in [-0.2, 0) is 16.0 Å². The topological polar surface area (TPSA) is 49.4 Å². The normalized spacial score (nSPS) is 16.7. The monoisotopic (exact) mass is 382 g/mol. The zero-order chi connectivity index (χ0) is 20.3. The smallest absolute Gasteiger partial charge is 0.227 e. The summed E-state index contributed by atoms with van der Waals surface area (Å²) in [6, 6.07) is 12.3. The van der Waals surface area contributed by atoms with Crippen LogP contribution in [0.4, 0.5) is 10.1 Å². The van der Waals surface area contributed by atoms with Gasteiger partial charge in [-0.15, -0.1) is 0 Å². The lowest BCUT2D eigenvalue weighted by Crippen LogP contribution is -2.34. The molecule has 1 aliphatic heterocycles. The third-order valence-corrected chi connectivity index (χ3v) is 5.28. The first-order valence-electron chi connectivity index (χ1n) is 9.79. The molecule has 3 rings (SSSR count). The highest BCUT2D eigenvalue weighted by Crippen LogP contribution is 2.34. The quantitative estimate of drug-likeness (QED) is 0.822. The molecule has 0 saturated carbocycles. The Morgan fingerprint density at radius 3 is 2.61 bits per heavy atom. The number of anilines is 1. The summed E-state index contributed by atoms with van der Waals surface area (Å²) in [5.74, 6) is -0.423. The van der Waals surface area contributed by atoms with E-state index in [4.69, 9.17) is 0 Å². The number of halogens is 1. The summed E-state index contributed by atoms with van der Waals surface area (Å²) in [7, 11) is 0. The number of amides is 2. The van der Waals surface area contributed by atoms with Gasteiger partial charge >= 0.3 is 0 Å². The van der Waals surface area contributed by atoms with Gasteiger partial charge in [-0.25, -0.2) is 4.39 Å². The van der Waals surface area contributed by atoms with E-state index in [0.29, 0.717) is 25.4 Å². The van der Waals surface area contributed by atoms with Gasteiger partial charge in [0, 0.05) is 25.2 Å². The van der Waals surface area contributed by atoms with Crippen LogP contribution in [0.15, 0.2) is 42.5 Å². The Labute approximate surface area is 165 Å². The molecule has 1 saturated heterocycles. The SMILES string of the molecule is Cc1cccc(C(C)C)c1N1CC(C(=O)NCCc2ccc(F)cc2)CC1=O. The lowest BCUT2D eigenvalue weighted by Gasteiger charge is -2.24. The van der Waals surface area contributed by atoms with Crippen molar-refractivity contribution in [3.8, 4) is 0 Å². The van der Waals surface area contributed by atoms with Gasteiger partial charge in [-0.2, -0.15) is 0 Å². The largest absolute Gasteiger partial charge is 0.355 e. The minimum Gasteiger partial charge on any atom is -0.355 e. The van der Waals surface area contributed by atoms with Crippen LogP contribution < -0.4 is 10.2 Å². The second-order valence-electron chi connectivity index (χ2n) is 7.74. The zero-order valence-electron chi connectivity index (χ0n) is 16.7. The van der Waals surface area contributed by atoms with Crippen molar-refractivity contribution in [2.45, 2.75) is 39.5 Å². The second kappa shape index (κ2) is 8.55. The third kappa shape index (κ3) is 4.41. The number of carbonyl (C=O) groups is 2. The van der Waals surface area contributed by atoms with E-state index in [-0.39, 0.29) is 30.0 Å². The average Bonchev–Trinajstić information content (AvgIpc) is 3.04. The molecule has 148 valence electrons. The zero-order valence-corrected chi connectivity index (χ0v) is 16.7. The fourth-order valence-electron chi connectivity index (χ4n) is 3.74. The van der Waals surface area contributed by atoms with Crippen LogP contribution in [0.25, 0.3) is 0 Å². The number of nitrogens with one attached hydrogen (secondary N) is 1. The van der Waals surface area contributed by atoms with Crippen molar-refractivity contribution in [1.29, 1.82) is 0 Å². The summed E-state index contributed by atoms with van der Waals surface area (Å²) in [6.45, 7) is 7.10. The van der Waals surface area contributed by atoms with Gasteiger partial charge in [0.2, 0.25) is 11.8 Å². The van der Waals surface area contributed by atoms with E-state index in [1.807, 2.05) is 19.1 Å². The first kappa shape index (κ1) is 20.1. The van der Waals surface area contributed by atoms with Crippen molar-refractivity contribution >= 4 is 17.5 Å². The third-order valence-electron chi connectivity index (χ3n) is 5.28. The van der Waals surface area contributed by atoms with Crippen molar-refractivity contribution in [3.63, 3.8) is 0 Å². The van der Waals surface area contributed by atoms with Crippen LogP contribution in [-0.4, -0.2) is 24.9 Å². The fraction of sp³-hybridized carbons (Fsp3) is 0.391. The Hall–Kier alpha value is -2.69.